The Balaban J connectivity index is 1.79. The summed E-state index contributed by atoms with van der Waals surface area (Å²) in [6, 6.07) is 26.7. The average molecular weight is 424 g/mol. The van der Waals surface area contributed by atoms with E-state index >= 15 is 0 Å². The zero-order chi connectivity index (χ0) is 22.5. The van der Waals surface area contributed by atoms with Crippen molar-refractivity contribution in [2.75, 3.05) is 0 Å². The van der Waals surface area contributed by atoms with E-state index in [9.17, 15) is 9.90 Å². The summed E-state index contributed by atoms with van der Waals surface area (Å²) in [7, 11) is 0. The number of allylic oxidation sites excluding steroid dienone is 4. The van der Waals surface area contributed by atoms with Crippen molar-refractivity contribution >= 4 is 17.1 Å². The molecule has 3 aromatic carbocycles. The normalized spacial score (nSPS) is 14.6. The predicted octanol–water partition coefficient (Wildman–Crippen LogP) is 6.56. The van der Waals surface area contributed by atoms with Gasteiger partial charge < -0.3 is 10.4 Å². The van der Waals surface area contributed by atoms with Crippen molar-refractivity contribution in [2.45, 2.75) is 39.2 Å². The van der Waals surface area contributed by atoms with Gasteiger partial charge >= 0.3 is 5.97 Å². The molecule has 1 aliphatic carbocycles. The fourth-order valence-corrected chi connectivity index (χ4v) is 4.40. The van der Waals surface area contributed by atoms with Gasteiger partial charge in [-0.05, 0) is 60.6 Å². The van der Waals surface area contributed by atoms with E-state index in [1.54, 1.807) is 0 Å². The molecule has 1 aliphatic rings. The Morgan fingerprint density at radius 3 is 2.50 bits per heavy atom. The summed E-state index contributed by atoms with van der Waals surface area (Å²) >= 11 is 0. The Labute approximate surface area is 190 Å². The molecule has 32 heavy (non-hydrogen) atoms. The quantitative estimate of drug-likeness (QED) is 0.452. The summed E-state index contributed by atoms with van der Waals surface area (Å²) in [4.78, 5) is 11.7. The summed E-state index contributed by atoms with van der Waals surface area (Å²) in [6.07, 6.45) is 4.06. The third-order valence-electron chi connectivity index (χ3n) is 6.04. The van der Waals surface area contributed by atoms with Gasteiger partial charge in [-0.2, -0.15) is 0 Å². The van der Waals surface area contributed by atoms with Crippen molar-refractivity contribution in [3.63, 3.8) is 0 Å². The van der Waals surface area contributed by atoms with Gasteiger partial charge in [0.1, 0.15) is 0 Å². The van der Waals surface area contributed by atoms with E-state index in [0.29, 0.717) is 0 Å². The van der Waals surface area contributed by atoms with Crippen molar-refractivity contribution in [2.24, 2.45) is 0 Å². The van der Waals surface area contributed by atoms with Crippen molar-refractivity contribution in [1.29, 1.82) is 0 Å². The molecule has 0 saturated heterocycles. The van der Waals surface area contributed by atoms with Crippen LogP contribution in [0.5, 0.6) is 0 Å². The van der Waals surface area contributed by atoms with Gasteiger partial charge in [0.15, 0.2) is 0 Å². The van der Waals surface area contributed by atoms with Crippen LogP contribution in [0.4, 0.5) is 0 Å². The number of benzene rings is 3. The molecule has 0 fully saturated rings. The molecule has 3 heteroatoms. The minimum Gasteiger partial charge on any atom is -0.481 e. The number of carboxylic acids is 1. The molecule has 0 amide bonds. The minimum absolute atomic E-state index is 0.0310. The van der Waals surface area contributed by atoms with Crippen LogP contribution < -0.4 is 5.32 Å². The molecule has 1 unspecified atom stereocenters. The van der Waals surface area contributed by atoms with E-state index in [0.717, 1.165) is 35.2 Å². The second kappa shape index (κ2) is 9.69. The molecular weight excluding hydrogens is 394 g/mol. The molecular formula is C29H29NO2. The van der Waals surface area contributed by atoms with Gasteiger partial charge in [-0.15, -0.1) is 0 Å². The SMILES string of the molecule is C/C(=C\C1=C(NC(CC(=O)O)c2cccc(C)c2)CCc2ccccc21)c1ccccc1. The number of aryl methyl sites for hydroxylation is 2. The molecule has 162 valence electrons. The Bertz CT molecular complexity index is 1170. The summed E-state index contributed by atoms with van der Waals surface area (Å²) in [6.45, 7) is 4.17. The molecule has 0 aromatic heterocycles. The summed E-state index contributed by atoms with van der Waals surface area (Å²) < 4.78 is 0. The molecule has 3 aromatic rings. The Morgan fingerprint density at radius 1 is 1.00 bits per heavy atom. The second-order valence-electron chi connectivity index (χ2n) is 8.45. The van der Waals surface area contributed by atoms with E-state index in [1.165, 1.54) is 22.3 Å². The van der Waals surface area contributed by atoms with Gasteiger partial charge in [0, 0.05) is 11.3 Å². The van der Waals surface area contributed by atoms with Gasteiger partial charge in [-0.1, -0.05) is 84.4 Å². The van der Waals surface area contributed by atoms with E-state index in [-0.39, 0.29) is 12.5 Å². The van der Waals surface area contributed by atoms with Gasteiger partial charge in [-0.25, -0.2) is 0 Å². The largest absolute Gasteiger partial charge is 0.481 e. The molecule has 2 N–H and O–H groups in total. The molecule has 0 spiro atoms. The zero-order valence-electron chi connectivity index (χ0n) is 18.6. The Kier molecular flexibility index (Phi) is 6.55. The Morgan fingerprint density at radius 2 is 1.75 bits per heavy atom. The van der Waals surface area contributed by atoms with Gasteiger partial charge in [-0.3, -0.25) is 4.79 Å². The third-order valence-corrected chi connectivity index (χ3v) is 6.04. The molecule has 4 rings (SSSR count). The highest BCUT2D eigenvalue weighted by Crippen LogP contribution is 2.35. The lowest BCUT2D eigenvalue weighted by atomic mass is 9.86. The number of hydrogen-bond acceptors (Lipinski definition) is 2. The number of carbonyl (C=O) groups is 1. The van der Waals surface area contributed by atoms with Crippen LogP contribution in [0, 0.1) is 6.92 Å². The van der Waals surface area contributed by atoms with Crippen LogP contribution in [0.25, 0.3) is 11.1 Å². The summed E-state index contributed by atoms with van der Waals surface area (Å²) in [5, 5.41) is 13.2. The maximum atomic E-state index is 11.7. The molecule has 1 atom stereocenters. The molecule has 0 aliphatic heterocycles. The minimum atomic E-state index is -0.807. The van der Waals surface area contributed by atoms with E-state index < -0.39 is 5.97 Å². The molecule has 0 radical (unpaired) electrons. The Hall–Kier alpha value is -3.59. The van der Waals surface area contributed by atoms with Gasteiger partial charge in [0.05, 0.1) is 12.5 Å². The first kappa shape index (κ1) is 21.6. The van der Waals surface area contributed by atoms with Crippen molar-refractivity contribution in [1.82, 2.24) is 5.32 Å². The lowest BCUT2D eigenvalue weighted by Crippen LogP contribution is -2.26. The first-order valence-corrected chi connectivity index (χ1v) is 11.1. The van der Waals surface area contributed by atoms with Crippen molar-refractivity contribution in [3.05, 3.63) is 118 Å². The van der Waals surface area contributed by atoms with Crippen LogP contribution in [0.15, 0.2) is 90.6 Å². The van der Waals surface area contributed by atoms with Crippen LogP contribution in [-0.2, 0) is 11.2 Å². The highest BCUT2D eigenvalue weighted by atomic mass is 16.4. The smallest absolute Gasteiger partial charge is 0.305 e. The molecule has 0 bridgehead atoms. The maximum absolute atomic E-state index is 11.7. The topological polar surface area (TPSA) is 49.3 Å². The van der Waals surface area contributed by atoms with Crippen LogP contribution in [0.3, 0.4) is 0 Å². The lowest BCUT2D eigenvalue weighted by Gasteiger charge is -2.28. The number of hydrogen-bond donors (Lipinski definition) is 2. The second-order valence-corrected chi connectivity index (χ2v) is 8.45. The third kappa shape index (κ3) is 5.00. The lowest BCUT2D eigenvalue weighted by molar-refractivity contribution is -0.137. The molecule has 0 saturated carbocycles. The van der Waals surface area contributed by atoms with Crippen LogP contribution >= 0.6 is 0 Å². The summed E-state index contributed by atoms with van der Waals surface area (Å²) in [5.74, 6) is -0.807. The highest BCUT2D eigenvalue weighted by molar-refractivity contribution is 5.87. The number of rotatable bonds is 7. The van der Waals surface area contributed by atoms with Crippen LogP contribution in [0.1, 0.15) is 53.6 Å². The molecule has 3 nitrogen and oxygen atoms in total. The average Bonchev–Trinajstić information content (AvgIpc) is 2.80. The summed E-state index contributed by atoms with van der Waals surface area (Å²) in [5.41, 5.74) is 9.29. The van der Waals surface area contributed by atoms with Crippen LogP contribution in [-0.4, -0.2) is 11.1 Å². The fraction of sp³-hybridized carbons (Fsp3) is 0.207. The van der Waals surface area contributed by atoms with Crippen LogP contribution in [0.2, 0.25) is 0 Å². The van der Waals surface area contributed by atoms with Gasteiger partial charge in [0.25, 0.3) is 0 Å². The van der Waals surface area contributed by atoms with Crippen molar-refractivity contribution < 1.29 is 9.90 Å². The standard InChI is InChI=1S/C29H29NO2/c1-20-9-8-13-24(17-20)28(19-29(31)32)30-27-16-15-23-12-6-7-14-25(23)26(27)18-21(2)22-10-4-3-5-11-22/h3-14,17-18,28,30H,15-16,19H2,1-2H3,(H,31,32)/b21-18+. The number of carboxylic acid groups (broad SMARTS) is 1. The zero-order valence-corrected chi connectivity index (χ0v) is 18.6. The van der Waals surface area contributed by atoms with Gasteiger partial charge in [0.2, 0.25) is 0 Å². The number of aliphatic carboxylic acids is 1. The number of nitrogens with one attached hydrogen (secondary N) is 1. The van der Waals surface area contributed by atoms with E-state index in [4.69, 9.17) is 0 Å². The fourth-order valence-electron chi connectivity index (χ4n) is 4.40. The van der Waals surface area contributed by atoms with Crippen molar-refractivity contribution in [3.8, 4) is 0 Å². The first-order chi connectivity index (χ1) is 15.5. The first-order valence-electron chi connectivity index (χ1n) is 11.1. The van der Waals surface area contributed by atoms with E-state index in [1.807, 2.05) is 31.2 Å². The monoisotopic (exact) mass is 423 g/mol. The highest BCUT2D eigenvalue weighted by Gasteiger charge is 2.22. The molecule has 0 heterocycles. The van der Waals surface area contributed by atoms with E-state index in [2.05, 4.69) is 72.9 Å². The maximum Gasteiger partial charge on any atom is 0.305 e. The predicted molar refractivity (Wildman–Crippen MR) is 131 cm³/mol. The number of fused-ring (bicyclic) bond motifs is 1.